The Morgan fingerprint density at radius 2 is 1.77 bits per heavy atom. The highest BCUT2D eigenvalue weighted by molar-refractivity contribution is 5.33. The summed E-state index contributed by atoms with van der Waals surface area (Å²) >= 11 is 0. The van der Waals surface area contributed by atoms with Crippen LogP contribution in [0.3, 0.4) is 0 Å². The standard InChI is InChI=1S/C30H47N/c1-20(2)10-7-11-22(5)12-8-17-30-25-13-9-16-29(25)19-15-24-27(29)31-26(30)23(21(3)4)14-18-28(24,30)6/h10,12,23-27,31H,3,7-9,11,13-19H2,1-2,4-6H3/b22-12+/t23-,24-,25-,26+,27?,28+,29-,30+/m1/s1. The Hall–Kier alpha value is -0.820. The summed E-state index contributed by atoms with van der Waals surface area (Å²) in [5.41, 5.74) is 6.16. The molecule has 1 nitrogen and oxygen atoms in total. The van der Waals surface area contributed by atoms with Crippen molar-refractivity contribution in [3.05, 3.63) is 35.5 Å². The fourth-order valence-electron chi connectivity index (χ4n) is 10.2. The summed E-state index contributed by atoms with van der Waals surface area (Å²) in [7, 11) is 0. The zero-order valence-electron chi connectivity index (χ0n) is 21.0. The smallest absolute Gasteiger partial charge is 0.0200 e. The minimum atomic E-state index is 0.484. The maximum Gasteiger partial charge on any atom is 0.0200 e. The van der Waals surface area contributed by atoms with Gasteiger partial charge in [0.25, 0.3) is 0 Å². The molecule has 4 aliphatic carbocycles. The second kappa shape index (κ2) is 7.61. The molecule has 6 rings (SSSR count). The van der Waals surface area contributed by atoms with Gasteiger partial charge in [-0.05, 0) is 126 Å². The summed E-state index contributed by atoms with van der Waals surface area (Å²) in [6, 6.07) is 1.49. The molecule has 0 aromatic heterocycles. The lowest BCUT2D eigenvalue weighted by molar-refractivity contribution is -0.238. The molecule has 2 saturated heterocycles. The lowest BCUT2D eigenvalue weighted by Crippen LogP contribution is -2.80. The predicted octanol–water partition coefficient (Wildman–Crippen LogP) is 7.99. The Labute approximate surface area is 192 Å². The van der Waals surface area contributed by atoms with Crippen LogP contribution in [0.2, 0.25) is 0 Å². The quantitative estimate of drug-likeness (QED) is 0.411. The molecule has 0 aromatic carbocycles. The monoisotopic (exact) mass is 421 g/mol. The zero-order valence-corrected chi connectivity index (χ0v) is 21.0. The molecule has 1 unspecified atom stereocenters. The molecule has 8 atom stereocenters. The van der Waals surface area contributed by atoms with Crippen LogP contribution in [0.5, 0.6) is 0 Å². The lowest BCUT2D eigenvalue weighted by Gasteiger charge is -2.75. The first kappa shape index (κ1) is 22.0. The normalized spacial score (nSPS) is 47.4. The van der Waals surface area contributed by atoms with Crippen LogP contribution in [-0.2, 0) is 0 Å². The van der Waals surface area contributed by atoms with Gasteiger partial charge in [0, 0.05) is 12.1 Å². The number of hydrogen-bond acceptors (Lipinski definition) is 1. The number of piperidine rings is 2. The van der Waals surface area contributed by atoms with E-state index in [0.29, 0.717) is 28.2 Å². The molecule has 0 aromatic rings. The molecule has 4 saturated carbocycles. The van der Waals surface area contributed by atoms with Crippen molar-refractivity contribution in [2.45, 2.75) is 117 Å². The van der Waals surface area contributed by atoms with Crippen LogP contribution in [0.1, 0.15) is 105 Å². The highest BCUT2D eigenvalue weighted by atomic mass is 15.1. The summed E-state index contributed by atoms with van der Waals surface area (Å²) < 4.78 is 0. The SMILES string of the molecule is C=C(C)[C@H]1CC[C@@]2(C)[C@@H]3CC[C@]45CCC[C@H]4[C@@]2(CC/C=C(\C)CCC=C(C)C)[C@H]1NC35. The van der Waals surface area contributed by atoms with Crippen LogP contribution in [0.15, 0.2) is 35.5 Å². The van der Waals surface area contributed by atoms with Crippen molar-refractivity contribution in [1.82, 2.24) is 5.32 Å². The molecular formula is C30H47N. The summed E-state index contributed by atoms with van der Waals surface area (Å²) in [6.45, 7) is 16.4. The Morgan fingerprint density at radius 1 is 0.968 bits per heavy atom. The molecule has 0 radical (unpaired) electrons. The van der Waals surface area contributed by atoms with Crippen LogP contribution in [0, 0.1) is 34.0 Å². The maximum atomic E-state index is 4.50. The van der Waals surface area contributed by atoms with E-state index in [9.17, 15) is 0 Å². The fraction of sp³-hybridized carbons (Fsp3) is 0.800. The third-order valence-corrected chi connectivity index (χ3v) is 11.3. The molecule has 6 bridgehead atoms. The maximum absolute atomic E-state index is 4.50. The van der Waals surface area contributed by atoms with Crippen molar-refractivity contribution < 1.29 is 0 Å². The third kappa shape index (κ3) is 2.90. The van der Waals surface area contributed by atoms with E-state index < -0.39 is 0 Å². The number of nitrogens with one attached hydrogen (secondary N) is 1. The van der Waals surface area contributed by atoms with E-state index in [4.69, 9.17) is 0 Å². The van der Waals surface area contributed by atoms with E-state index in [1.54, 1.807) is 5.57 Å². The molecule has 6 aliphatic rings. The second-order valence-corrected chi connectivity index (χ2v) is 12.8. The van der Waals surface area contributed by atoms with Crippen molar-refractivity contribution in [1.29, 1.82) is 0 Å². The van der Waals surface area contributed by atoms with E-state index in [0.717, 1.165) is 17.9 Å². The average Bonchev–Trinajstić information content (AvgIpc) is 3.28. The number of hydrogen-bond donors (Lipinski definition) is 1. The minimum Gasteiger partial charge on any atom is -0.309 e. The van der Waals surface area contributed by atoms with Gasteiger partial charge in [-0.15, -0.1) is 0 Å². The van der Waals surface area contributed by atoms with Gasteiger partial charge in [0.1, 0.15) is 0 Å². The van der Waals surface area contributed by atoms with Gasteiger partial charge in [0.15, 0.2) is 0 Å². The lowest BCUT2D eigenvalue weighted by atomic mass is 9.34. The third-order valence-electron chi connectivity index (χ3n) is 11.3. The summed E-state index contributed by atoms with van der Waals surface area (Å²) in [5, 5.41) is 4.40. The van der Waals surface area contributed by atoms with E-state index in [1.807, 2.05) is 0 Å². The van der Waals surface area contributed by atoms with Crippen molar-refractivity contribution in [2.75, 3.05) is 0 Å². The van der Waals surface area contributed by atoms with Crippen LogP contribution < -0.4 is 5.32 Å². The molecule has 1 N–H and O–H groups in total. The van der Waals surface area contributed by atoms with Gasteiger partial charge in [0.05, 0.1) is 0 Å². The largest absolute Gasteiger partial charge is 0.309 e. The summed E-state index contributed by atoms with van der Waals surface area (Å²) in [6.07, 6.45) is 20.4. The topological polar surface area (TPSA) is 12.0 Å². The molecule has 31 heavy (non-hydrogen) atoms. The molecule has 0 amide bonds. The van der Waals surface area contributed by atoms with E-state index in [-0.39, 0.29) is 0 Å². The Morgan fingerprint density at radius 3 is 2.52 bits per heavy atom. The van der Waals surface area contributed by atoms with Crippen LogP contribution in [-0.4, -0.2) is 12.1 Å². The second-order valence-electron chi connectivity index (χ2n) is 12.8. The molecule has 1 heteroatoms. The van der Waals surface area contributed by atoms with Gasteiger partial charge in [0.2, 0.25) is 0 Å². The highest BCUT2D eigenvalue weighted by Crippen LogP contribution is 2.80. The molecule has 172 valence electrons. The average molecular weight is 422 g/mol. The Balaban J connectivity index is 1.47. The highest BCUT2D eigenvalue weighted by Gasteiger charge is 2.79. The first-order valence-electron chi connectivity index (χ1n) is 13.5. The Kier molecular flexibility index (Phi) is 5.40. The summed E-state index contributed by atoms with van der Waals surface area (Å²) in [5.74, 6) is 2.57. The zero-order chi connectivity index (χ0) is 22.0. The van der Waals surface area contributed by atoms with Crippen molar-refractivity contribution in [3.8, 4) is 0 Å². The van der Waals surface area contributed by atoms with Gasteiger partial charge in [-0.25, -0.2) is 0 Å². The van der Waals surface area contributed by atoms with E-state index >= 15 is 0 Å². The minimum absolute atomic E-state index is 0.484. The van der Waals surface area contributed by atoms with Crippen LogP contribution in [0.4, 0.5) is 0 Å². The van der Waals surface area contributed by atoms with Crippen molar-refractivity contribution in [2.24, 2.45) is 34.0 Å². The van der Waals surface area contributed by atoms with Gasteiger partial charge in [-0.3, -0.25) is 0 Å². The van der Waals surface area contributed by atoms with Crippen LogP contribution in [0.25, 0.3) is 0 Å². The fourth-order valence-corrected chi connectivity index (χ4v) is 10.2. The number of rotatable bonds is 7. The first-order valence-corrected chi connectivity index (χ1v) is 13.5. The van der Waals surface area contributed by atoms with Crippen molar-refractivity contribution >= 4 is 0 Å². The molecule has 1 spiro atoms. The van der Waals surface area contributed by atoms with Crippen LogP contribution >= 0.6 is 0 Å². The summed E-state index contributed by atoms with van der Waals surface area (Å²) in [4.78, 5) is 0. The van der Waals surface area contributed by atoms with E-state index in [1.165, 1.54) is 81.8 Å². The van der Waals surface area contributed by atoms with Crippen molar-refractivity contribution in [3.63, 3.8) is 0 Å². The molecule has 2 aliphatic heterocycles. The Bertz CT molecular complexity index is 799. The van der Waals surface area contributed by atoms with Gasteiger partial charge >= 0.3 is 0 Å². The van der Waals surface area contributed by atoms with E-state index in [2.05, 4.69) is 58.7 Å². The predicted molar refractivity (Wildman–Crippen MR) is 133 cm³/mol. The van der Waals surface area contributed by atoms with Gasteiger partial charge in [-0.2, -0.15) is 0 Å². The number of allylic oxidation sites excluding steroid dienone is 4. The molecule has 6 fully saturated rings. The van der Waals surface area contributed by atoms with Gasteiger partial charge in [-0.1, -0.05) is 48.8 Å². The molecular weight excluding hydrogens is 374 g/mol. The molecule has 2 heterocycles. The van der Waals surface area contributed by atoms with Gasteiger partial charge < -0.3 is 5.32 Å². The first-order chi connectivity index (χ1) is 14.8.